The Morgan fingerprint density at radius 1 is 0.667 bits per heavy atom. The standard InChI is InChI=1S/C30H20BN3O2.C6H5Br2N/c35-31(36)21-15-17-27-25(18-21)23-12-6-7-13-26(23)34(27)30-32-28(20-9-2-1-3-10-20)24-16-14-19-8-4-5-11-22(19)29(24)33-30;1-4-2-6(8)9-3-5(4)7/h1-18,35-36H;2-3H,1H3. The number of halogens is 2. The first-order chi connectivity index (χ1) is 21.9. The van der Waals surface area contributed by atoms with Crippen molar-refractivity contribution in [1.29, 1.82) is 0 Å². The zero-order valence-corrected chi connectivity index (χ0v) is 27.2. The number of aryl methyl sites for hydroxylation is 1. The predicted octanol–water partition coefficient (Wildman–Crippen LogP) is 8.14. The minimum absolute atomic E-state index is 0.445. The van der Waals surface area contributed by atoms with Gasteiger partial charge in [0, 0.05) is 37.8 Å². The summed E-state index contributed by atoms with van der Waals surface area (Å²) in [5, 5.41) is 24.7. The molecular formula is C36H25BBr2N4O2. The molecule has 0 unspecified atom stereocenters. The summed E-state index contributed by atoms with van der Waals surface area (Å²) in [7, 11) is -1.54. The van der Waals surface area contributed by atoms with Crippen LogP contribution >= 0.6 is 31.9 Å². The van der Waals surface area contributed by atoms with Crippen molar-refractivity contribution in [2.24, 2.45) is 0 Å². The fourth-order valence-electron chi connectivity index (χ4n) is 5.64. The predicted molar refractivity (Wildman–Crippen MR) is 191 cm³/mol. The van der Waals surface area contributed by atoms with Crippen LogP contribution in [-0.2, 0) is 0 Å². The fourth-order valence-corrected chi connectivity index (χ4v) is 6.30. The molecule has 0 saturated carbocycles. The Bertz CT molecular complexity index is 2360. The van der Waals surface area contributed by atoms with Gasteiger partial charge in [0.2, 0.25) is 5.95 Å². The van der Waals surface area contributed by atoms with Crippen molar-refractivity contribution >= 4 is 87.9 Å². The van der Waals surface area contributed by atoms with Gasteiger partial charge >= 0.3 is 7.12 Å². The van der Waals surface area contributed by atoms with Crippen molar-refractivity contribution in [3.63, 3.8) is 0 Å². The summed E-state index contributed by atoms with van der Waals surface area (Å²) in [5.74, 6) is 0.571. The number of fused-ring (bicyclic) bond motifs is 6. The van der Waals surface area contributed by atoms with Crippen LogP contribution < -0.4 is 5.46 Å². The minimum Gasteiger partial charge on any atom is -0.423 e. The van der Waals surface area contributed by atoms with E-state index >= 15 is 0 Å². The van der Waals surface area contributed by atoms with E-state index in [0.29, 0.717) is 11.4 Å². The third-order valence-electron chi connectivity index (χ3n) is 7.83. The highest BCUT2D eigenvalue weighted by Crippen LogP contribution is 2.35. The molecule has 0 atom stereocenters. The number of hydrogen-bond acceptors (Lipinski definition) is 5. The van der Waals surface area contributed by atoms with Gasteiger partial charge in [-0.3, -0.25) is 4.57 Å². The summed E-state index contributed by atoms with van der Waals surface area (Å²) in [6.07, 6.45) is 1.78. The third kappa shape index (κ3) is 5.53. The normalized spacial score (nSPS) is 11.2. The highest BCUT2D eigenvalue weighted by molar-refractivity contribution is 9.11. The van der Waals surface area contributed by atoms with Gasteiger partial charge < -0.3 is 10.0 Å². The number of rotatable bonds is 3. The molecule has 0 aliphatic carbocycles. The van der Waals surface area contributed by atoms with E-state index in [-0.39, 0.29) is 0 Å². The van der Waals surface area contributed by atoms with Crippen LogP contribution in [0.4, 0.5) is 0 Å². The molecule has 0 fully saturated rings. The van der Waals surface area contributed by atoms with E-state index in [0.717, 1.165) is 63.8 Å². The summed E-state index contributed by atoms with van der Waals surface area (Å²) < 4.78 is 3.99. The van der Waals surface area contributed by atoms with Crippen molar-refractivity contribution < 1.29 is 10.0 Å². The molecule has 0 saturated heterocycles. The van der Waals surface area contributed by atoms with Gasteiger partial charge in [-0.05, 0) is 79.5 Å². The van der Waals surface area contributed by atoms with Crippen LogP contribution in [0.15, 0.2) is 131 Å². The first-order valence-corrected chi connectivity index (χ1v) is 15.9. The molecule has 9 heteroatoms. The minimum atomic E-state index is -1.54. The number of para-hydroxylation sites is 1. The van der Waals surface area contributed by atoms with Crippen LogP contribution in [0, 0.1) is 6.92 Å². The third-order valence-corrected chi connectivity index (χ3v) is 9.10. The summed E-state index contributed by atoms with van der Waals surface area (Å²) in [6, 6.07) is 38.2. The first-order valence-electron chi connectivity index (χ1n) is 14.3. The molecule has 0 radical (unpaired) electrons. The Morgan fingerprint density at radius 3 is 2.13 bits per heavy atom. The molecule has 6 nitrogen and oxygen atoms in total. The molecular weight excluding hydrogens is 691 g/mol. The van der Waals surface area contributed by atoms with Crippen LogP contribution in [0.2, 0.25) is 0 Å². The van der Waals surface area contributed by atoms with Gasteiger partial charge in [0.05, 0.1) is 22.2 Å². The Hall–Kier alpha value is -4.41. The van der Waals surface area contributed by atoms with E-state index < -0.39 is 7.12 Å². The molecule has 8 aromatic rings. The van der Waals surface area contributed by atoms with Gasteiger partial charge in [0.25, 0.3) is 0 Å². The average molecular weight is 716 g/mol. The van der Waals surface area contributed by atoms with Gasteiger partial charge in [-0.2, -0.15) is 0 Å². The molecule has 0 bridgehead atoms. The molecule has 0 aliphatic rings. The number of benzene rings is 5. The fraction of sp³-hybridized carbons (Fsp3) is 0.0278. The Balaban J connectivity index is 0.000000313. The Morgan fingerprint density at radius 2 is 1.38 bits per heavy atom. The van der Waals surface area contributed by atoms with Gasteiger partial charge in [-0.15, -0.1) is 0 Å². The SMILES string of the molecule is Cc1cc(Br)ncc1Br.OB(O)c1ccc2c(c1)c1ccccc1n2-c1nc(-c2ccccc2)c2ccc3ccccc3c2n1. The lowest BCUT2D eigenvalue weighted by atomic mass is 9.80. The monoisotopic (exact) mass is 714 g/mol. The molecule has 3 heterocycles. The maximum atomic E-state index is 9.78. The van der Waals surface area contributed by atoms with Gasteiger partial charge in [0.15, 0.2) is 0 Å². The molecule has 3 aromatic heterocycles. The molecule has 0 amide bonds. The molecule has 218 valence electrons. The van der Waals surface area contributed by atoms with Gasteiger partial charge in [-0.25, -0.2) is 15.0 Å². The zero-order valence-electron chi connectivity index (χ0n) is 24.1. The highest BCUT2D eigenvalue weighted by atomic mass is 79.9. The number of pyridine rings is 1. The maximum absolute atomic E-state index is 9.78. The van der Waals surface area contributed by atoms with E-state index in [1.54, 1.807) is 12.3 Å². The van der Waals surface area contributed by atoms with E-state index in [2.05, 4.69) is 77.8 Å². The topological polar surface area (TPSA) is 84.1 Å². The van der Waals surface area contributed by atoms with Crippen molar-refractivity contribution in [2.45, 2.75) is 6.92 Å². The molecule has 2 N–H and O–H groups in total. The van der Waals surface area contributed by atoms with E-state index in [1.165, 1.54) is 5.56 Å². The summed E-state index contributed by atoms with van der Waals surface area (Å²) in [5.41, 5.74) is 6.28. The zero-order chi connectivity index (χ0) is 31.1. The largest absolute Gasteiger partial charge is 0.488 e. The van der Waals surface area contributed by atoms with Crippen LogP contribution in [0.3, 0.4) is 0 Å². The second-order valence-electron chi connectivity index (χ2n) is 10.7. The summed E-state index contributed by atoms with van der Waals surface area (Å²) >= 11 is 6.61. The van der Waals surface area contributed by atoms with Crippen LogP contribution in [0.1, 0.15) is 5.56 Å². The van der Waals surface area contributed by atoms with Crippen molar-refractivity contribution in [3.05, 3.63) is 136 Å². The smallest absolute Gasteiger partial charge is 0.423 e. The molecule has 0 aliphatic heterocycles. The lowest BCUT2D eigenvalue weighted by Crippen LogP contribution is -2.29. The molecule has 45 heavy (non-hydrogen) atoms. The number of aromatic nitrogens is 4. The van der Waals surface area contributed by atoms with E-state index in [4.69, 9.17) is 9.97 Å². The van der Waals surface area contributed by atoms with Crippen molar-refractivity contribution in [1.82, 2.24) is 19.5 Å². The second kappa shape index (κ2) is 12.2. The summed E-state index contributed by atoms with van der Waals surface area (Å²) in [6.45, 7) is 2.02. The second-order valence-corrected chi connectivity index (χ2v) is 12.3. The summed E-state index contributed by atoms with van der Waals surface area (Å²) in [4.78, 5) is 14.3. The average Bonchev–Trinajstić information content (AvgIpc) is 3.40. The quantitative estimate of drug-likeness (QED) is 0.110. The molecule has 5 aromatic carbocycles. The lowest BCUT2D eigenvalue weighted by molar-refractivity contribution is 0.426. The molecule has 8 rings (SSSR count). The maximum Gasteiger partial charge on any atom is 0.488 e. The van der Waals surface area contributed by atoms with Gasteiger partial charge in [0.1, 0.15) is 4.60 Å². The number of nitrogens with zero attached hydrogens (tertiary/aromatic N) is 4. The Labute approximate surface area is 276 Å². The first kappa shape index (κ1) is 29.3. The van der Waals surface area contributed by atoms with Crippen LogP contribution in [0.5, 0.6) is 0 Å². The molecule has 0 spiro atoms. The van der Waals surface area contributed by atoms with Crippen LogP contribution in [-0.4, -0.2) is 36.7 Å². The van der Waals surface area contributed by atoms with Crippen LogP contribution in [0.25, 0.3) is 60.7 Å². The van der Waals surface area contributed by atoms with Gasteiger partial charge in [-0.1, -0.05) is 91.0 Å². The number of hydrogen-bond donors (Lipinski definition) is 2. The highest BCUT2D eigenvalue weighted by Gasteiger charge is 2.20. The lowest BCUT2D eigenvalue weighted by Gasteiger charge is -2.13. The Kier molecular flexibility index (Phi) is 7.93. The van der Waals surface area contributed by atoms with Crippen molar-refractivity contribution in [2.75, 3.05) is 0 Å². The van der Waals surface area contributed by atoms with E-state index in [9.17, 15) is 10.0 Å². The van der Waals surface area contributed by atoms with Crippen molar-refractivity contribution in [3.8, 4) is 17.2 Å². The van der Waals surface area contributed by atoms with E-state index in [1.807, 2.05) is 79.7 Å².